The number of thiol groups is 10. The first-order chi connectivity index (χ1) is 39.7. The fourth-order valence-electron chi connectivity index (χ4n) is 8.23. The summed E-state index contributed by atoms with van der Waals surface area (Å²) in [6, 6.07) is 0. The highest BCUT2D eigenvalue weighted by molar-refractivity contribution is 7.82. The van der Waals surface area contributed by atoms with Gasteiger partial charge in [-0.15, -0.1) is 0 Å². The fourth-order valence-corrected chi connectivity index (χ4v) is 11.4. The molecule has 0 aromatic carbocycles. The summed E-state index contributed by atoms with van der Waals surface area (Å²) in [6.45, 7) is -2.46. The smallest absolute Gasteiger partial charge is 0.306 e. The maximum atomic E-state index is 13.3. The molecule has 0 radical (unpaired) electrons. The summed E-state index contributed by atoms with van der Waals surface area (Å²) in [4.78, 5) is 116. The van der Waals surface area contributed by atoms with Crippen LogP contribution in [0, 0.1) is 21.7 Å². The van der Waals surface area contributed by atoms with Crippen LogP contribution in [0.1, 0.15) is 64.2 Å². The molecule has 0 bridgehead atoms. The average molecular weight is 1380 g/mol. The molecule has 0 aliphatic rings. The molecule has 0 aromatic heterocycles. The lowest BCUT2D eigenvalue weighted by Gasteiger charge is -2.41. The van der Waals surface area contributed by atoms with E-state index in [2.05, 4.69) is 63.1 Å². The zero-order valence-electron chi connectivity index (χ0n) is 48.2. The Bertz CT molecular complexity index is 1670. The van der Waals surface area contributed by atoms with Gasteiger partial charge in [-0.2, -0.15) is 126 Å². The summed E-state index contributed by atoms with van der Waals surface area (Å²) in [6.07, 6.45) is 0.748. The molecule has 0 saturated heterocycles. The van der Waals surface area contributed by atoms with Gasteiger partial charge in [0.1, 0.15) is 26.4 Å². The van der Waals surface area contributed by atoms with E-state index in [1.54, 1.807) is 0 Å². The monoisotopic (exact) mass is 1380 g/mol. The number of esters is 5. The molecule has 0 amide bonds. The van der Waals surface area contributed by atoms with Crippen LogP contribution in [0.3, 0.4) is 0 Å². The van der Waals surface area contributed by atoms with Gasteiger partial charge in [-0.1, -0.05) is 0 Å². The van der Waals surface area contributed by atoms with Gasteiger partial charge in [0.2, 0.25) is 0 Å². The second kappa shape index (κ2) is 51.0. The van der Waals surface area contributed by atoms with Crippen molar-refractivity contribution in [2.75, 3.05) is 170 Å². The van der Waals surface area contributed by atoms with Crippen molar-refractivity contribution < 1.29 is 111 Å². The fraction of sp³-hybridized carbons (Fsp3) is 0.900. The van der Waals surface area contributed by atoms with E-state index in [-0.39, 0.29) is 199 Å². The number of carbonyl (C=O) groups excluding carboxylic acids is 5. The van der Waals surface area contributed by atoms with Crippen molar-refractivity contribution >= 4 is 156 Å². The van der Waals surface area contributed by atoms with E-state index in [1.807, 2.05) is 0 Å². The van der Waals surface area contributed by atoms with Gasteiger partial charge in [0.25, 0.3) is 0 Å². The zero-order valence-corrected chi connectivity index (χ0v) is 57.1. The highest BCUT2D eigenvalue weighted by Gasteiger charge is 2.44. The van der Waals surface area contributed by atoms with E-state index in [0.29, 0.717) is 0 Å². The Labute approximate surface area is 545 Å². The molecule has 0 N–H and O–H groups in total. The topological polar surface area (TPSA) is 251 Å². The highest BCUT2D eigenvalue weighted by atomic mass is 32.1. The van der Waals surface area contributed by atoms with Crippen LogP contribution in [0.5, 0.6) is 0 Å². The Morgan fingerprint density at radius 3 is 0.651 bits per heavy atom. The van der Waals surface area contributed by atoms with Crippen LogP contribution in [0.4, 0.5) is 0 Å². The van der Waals surface area contributed by atoms with Crippen LogP contribution >= 0.6 is 126 Å². The summed E-state index contributed by atoms with van der Waals surface area (Å²) in [5, 5.41) is -2.73. The minimum Gasteiger partial charge on any atom is -0.465 e. The normalized spacial score (nSPS) is 15.9. The zero-order chi connectivity index (χ0) is 62.4. The first-order valence-electron chi connectivity index (χ1n) is 26.4. The molecule has 0 fully saturated rings. The standard InChI is InChI=1S/C50H92O23S10/c1-56-69-21-37(79)16-47(17-38(80)22-70-57-2,32-64-42(51)6-11-74)26-61-27-48(18-39(81)23-71-58-3,33-65-43(52)7-12-75)28-62-29-49(19-40(82)24-72-59-4,34-66-44(53)8-13-76)30-63-31-50(20-41(83)25-73-60-5,35-67-45(54)9-14-77)36-68-46(55)10-15-78/h37-41,74-83H,6-36H2,1-5H3. The molecule has 0 heterocycles. The Balaban J connectivity index is 8.09. The lowest BCUT2D eigenvalue weighted by atomic mass is 9.79. The van der Waals surface area contributed by atoms with Crippen LogP contribution in [0.25, 0.3) is 0 Å². The first-order valence-corrected chi connectivity index (χ1v) is 32.2. The Morgan fingerprint density at radius 1 is 0.289 bits per heavy atom. The molecule has 0 aromatic rings. The minimum absolute atomic E-state index is 0.0102. The van der Waals surface area contributed by atoms with Gasteiger partial charge < -0.3 is 37.9 Å². The molecule has 0 aliphatic carbocycles. The van der Waals surface area contributed by atoms with Crippen molar-refractivity contribution in [2.45, 2.75) is 90.5 Å². The molecule has 0 rings (SSSR count). The molecule has 33 heteroatoms. The van der Waals surface area contributed by atoms with Crippen molar-refractivity contribution in [3.05, 3.63) is 0 Å². The molecular weight excluding hydrogens is 1290 g/mol. The molecular formula is C50H92O23S10. The molecule has 23 nitrogen and oxygen atoms in total. The molecule has 0 spiro atoms. The van der Waals surface area contributed by atoms with Gasteiger partial charge in [0.15, 0.2) is 0 Å². The maximum Gasteiger partial charge on any atom is 0.306 e. The SMILES string of the molecule is COOCC(S)CC(COCC(COCC(COC(=O)CCS)(CC(S)COOC)CC(S)COOC)(COC(=O)CCS)CC(S)COOC)(COCC(COC(=O)CCS)(COC(=O)CCS)CC(S)COOC)COC(=O)CCS. The van der Waals surface area contributed by atoms with E-state index in [0.717, 1.165) is 0 Å². The number of ether oxygens (including phenoxy) is 8. The van der Waals surface area contributed by atoms with Gasteiger partial charge in [-0.25, -0.2) is 48.9 Å². The summed E-state index contributed by atoms with van der Waals surface area (Å²) < 4.78 is 49.6. The van der Waals surface area contributed by atoms with Gasteiger partial charge in [0.05, 0.1) is 163 Å². The number of rotatable bonds is 57. The third-order valence-electron chi connectivity index (χ3n) is 12.0. The lowest BCUT2D eigenvalue weighted by molar-refractivity contribution is -0.274. The summed E-state index contributed by atoms with van der Waals surface area (Å²) in [5.74, 6) is -1.71. The number of carbonyl (C=O) groups is 5. The van der Waals surface area contributed by atoms with Gasteiger partial charge in [-0.3, -0.25) is 24.0 Å². The molecule has 0 saturated carbocycles. The average Bonchev–Trinajstić information content (AvgIpc) is 3.47. The van der Waals surface area contributed by atoms with Crippen molar-refractivity contribution in [3.63, 3.8) is 0 Å². The molecule has 83 heavy (non-hydrogen) atoms. The minimum atomic E-state index is -1.29. The molecule has 7 unspecified atom stereocenters. The Kier molecular flexibility index (Phi) is 51.2. The largest absolute Gasteiger partial charge is 0.465 e. The Hall–Kier alpha value is 0.330. The summed E-state index contributed by atoms with van der Waals surface area (Å²) >= 11 is 45.2. The van der Waals surface area contributed by atoms with Crippen LogP contribution in [-0.2, 0) is 111 Å². The first kappa shape index (κ1) is 83.3. The molecule has 0 aliphatic heterocycles. The summed E-state index contributed by atoms with van der Waals surface area (Å²) in [7, 11) is 6.76. The third kappa shape index (κ3) is 40.6. The number of hydrogen-bond acceptors (Lipinski definition) is 33. The van der Waals surface area contributed by atoms with E-state index in [1.165, 1.54) is 35.5 Å². The van der Waals surface area contributed by atoms with Crippen molar-refractivity contribution in [2.24, 2.45) is 21.7 Å². The van der Waals surface area contributed by atoms with E-state index >= 15 is 0 Å². The lowest BCUT2D eigenvalue weighted by Crippen LogP contribution is -2.47. The van der Waals surface area contributed by atoms with Gasteiger partial charge in [-0.05, 0) is 32.1 Å². The second-order valence-corrected chi connectivity index (χ2v) is 25.6. The highest BCUT2D eigenvalue weighted by Crippen LogP contribution is 2.38. The van der Waals surface area contributed by atoms with Crippen molar-refractivity contribution in [1.29, 1.82) is 0 Å². The van der Waals surface area contributed by atoms with Crippen LogP contribution in [0.15, 0.2) is 0 Å². The third-order valence-corrected chi connectivity index (χ3v) is 14.7. The van der Waals surface area contributed by atoms with Crippen molar-refractivity contribution in [1.82, 2.24) is 0 Å². The predicted molar refractivity (Wildman–Crippen MR) is 341 cm³/mol. The van der Waals surface area contributed by atoms with E-state index in [9.17, 15) is 24.0 Å². The maximum absolute atomic E-state index is 13.3. The number of hydrogen-bond donors (Lipinski definition) is 10. The van der Waals surface area contributed by atoms with Crippen LogP contribution in [0.2, 0.25) is 0 Å². The molecule has 490 valence electrons. The molecule has 7 atom stereocenters. The second-order valence-electron chi connectivity index (χ2n) is 19.7. The van der Waals surface area contributed by atoms with Gasteiger partial charge in [0, 0.05) is 60.4 Å². The van der Waals surface area contributed by atoms with E-state index < -0.39 is 77.8 Å². The van der Waals surface area contributed by atoms with Gasteiger partial charge >= 0.3 is 29.8 Å². The van der Waals surface area contributed by atoms with E-state index in [4.69, 9.17) is 150 Å². The van der Waals surface area contributed by atoms with Crippen molar-refractivity contribution in [3.8, 4) is 0 Å². The Morgan fingerprint density at radius 2 is 0.458 bits per heavy atom. The van der Waals surface area contributed by atoms with Crippen LogP contribution < -0.4 is 0 Å². The predicted octanol–water partition coefficient (Wildman–Crippen LogP) is 5.63. The quantitative estimate of drug-likeness (QED) is 0.0117. The van der Waals surface area contributed by atoms with Crippen LogP contribution in [-0.4, -0.2) is 226 Å². The summed E-state index contributed by atoms with van der Waals surface area (Å²) in [5.41, 5.74) is -4.81.